The topological polar surface area (TPSA) is 115 Å². The first-order valence-electron chi connectivity index (χ1n) is 12.9. The van der Waals surface area contributed by atoms with Gasteiger partial charge in [0.1, 0.15) is 13.3 Å². The van der Waals surface area contributed by atoms with Gasteiger partial charge in [-0.25, -0.2) is 9.37 Å². The number of alkyl halides is 4. The summed E-state index contributed by atoms with van der Waals surface area (Å²) < 4.78 is 68.0. The SMILES string of the molecule is COc1cc(C(=O)CCC(O)(c2cc(C(C)(N)CF)cc(-c3ccc(C)cc3)n2)C(F)(F)F)ccc1OC[C@H](C)O. The number of nitrogens with zero attached hydrogens (tertiary/aromatic N) is 1. The molecule has 0 spiro atoms. The van der Waals surface area contributed by atoms with Gasteiger partial charge in [-0.05, 0) is 63.1 Å². The number of hydrogen-bond donors (Lipinski definition) is 3. The standard InChI is InChI=1S/C30H34F4N2O5/c1-18-5-7-20(8-6-18)23-14-22(28(3,35)17-31)15-27(36-23)29(39,30(32,33)34)12-11-24(38)21-9-10-25(26(13-21)40-4)41-16-19(2)37/h5-10,13-15,19,37,39H,11-12,16-17,35H2,1-4H3/t19-,28?,29?/m0/s1. The molecule has 0 bridgehead atoms. The first kappa shape index (κ1) is 32.0. The molecule has 3 rings (SSSR count). The van der Waals surface area contributed by atoms with Crippen molar-refractivity contribution in [3.05, 3.63) is 77.0 Å². The van der Waals surface area contributed by atoms with Crippen LogP contribution in [0.4, 0.5) is 17.6 Å². The average molecular weight is 579 g/mol. The maximum atomic E-state index is 14.5. The minimum absolute atomic E-state index is 0.00657. The van der Waals surface area contributed by atoms with Gasteiger partial charge in [-0.15, -0.1) is 0 Å². The summed E-state index contributed by atoms with van der Waals surface area (Å²) in [4.78, 5) is 17.1. The molecule has 11 heteroatoms. The minimum Gasteiger partial charge on any atom is -0.493 e. The van der Waals surface area contributed by atoms with Crippen molar-refractivity contribution in [1.82, 2.24) is 4.98 Å². The number of aryl methyl sites for hydroxylation is 1. The Morgan fingerprint density at radius 1 is 1.07 bits per heavy atom. The van der Waals surface area contributed by atoms with Crippen LogP contribution < -0.4 is 15.2 Å². The van der Waals surface area contributed by atoms with Crippen LogP contribution in [0, 0.1) is 6.92 Å². The van der Waals surface area contributed by atoms with E-state index in [2.05, 4.69) is 4.98 Å². The molecule has 3 atom stereocenters. The van der Waals surface area contributed by atoms with Gasteiger partial charge in [0.15, 0.2) is 17.3 Å². The van der Waals surface area contributed by atoms with Crippen molar-refractivity contribution < 1.29 is 42.0 Å². The Hall–Kier alpha value is -3.54. The number of aliphatic hydroxyl groups excluding tert-OH is 1. The molecule has 0 saturated heterocycles. The molecule has 2 unspecified atom stereocenters. The van der Waals surface area contributed by atoms with Crippen LogP contribution in [0.3, 0.4) is 0 Å². The van der Waals surface area contributed by atoms with Crippen LogP contribution in [0.15, 0.2) is 54.6 Å². The van der Waals surface area contributed by atoms with Crippen molar-refractivity contribution in [2.75, 3.05) is 20.4 Å². The number of ether oxygens (including phenoxy) is 2. The largest absolute Gasteiger partial charge is 0.493 e. The molecule has 0 aliphatic carbocycles. The third-order valence-electron chi connectivity index (χ3n) is 6.68. The lowest BCUT2D eigenvalue weighted by molar-refractivity contribution is -0.270. The molecule has 7 nitrogen and oxygen atoms in total. The summed E-state index contributed by atoms with van der Waals surface area (Å²) >= 11 is 0. The van der Waals surface area contributed by atoms with Gasteiger partial charge < -0.3 is 25.4 Å². The third-order valence-corrected chi connectivity index (χ3v) is 6.68. The highest BCUT2D eigenvalue weighted by Gasteiger charge is 2.56. The highest BCUT2D eigenvalue weighted by molar-refractivity contribution is 5.96. The number of aromatic nitrogens is 1. The van der Waals surface area contributed by atoms with Crippen LogP contribution in [0.1, 0.15) is 53.9 Å². The molecule has 1 aromatic heterocycles. The molecule has 1 heterocycles. The second-order valence-corrected chi connectivity index (χ2v) is 10.4. The molecule has 0 fully saturated rings. The molecule has 4 N–H and O–H groups in total. The number of Topliss-reactive ketones (excluding diaryl/α,β-unsaturated/α-hetero) is 1. The summed E-state index contributed by atoms with van der Waals surface area (Å²) in [6.07, 6.45) is -7.76. The van der Waals surface area contributed by atoms with Crippen molar-refractivity contribution in [2.24, 2.45) is 5.73 Å². The van der Waals surface area contributed by atoms with Gasteiger partial charge in [-0.2, -0.15) is 13.2 Å². The lowest BCUT2D eigenvalue weighted by Gasteiger charge is -2.32. The zero-order chi connectivity index (χ0) is 30.6. The number of methoxy groups -OCH3 is 1. The Bertz CT molecular complexity index is 1360. The summed E-state index contributed by atoms with van der Waals surface area (Å²) in [6, 6.07) is 13.2. The molecule has 2 aromatic carbocycles. The van der Waals surface area contributed by atoms with Gasteiger partial charge in [-0.1, -0.05) is 29.8 Å². The number of pyridine rings is 1. The summed E-state index contributed by atoms with van der Waals surface area (Å²) in [6.45, 7) is 3.56. The van der Waals surface area contributed by atoms with Gasteiger partial charge in [0, 0.05) is 17.5 Å². The van der Waals surface area contributed by atoms with Gasteiger partial charge in [-0.3, -0.25) is 4.79 Å². The summed E-state index contributed by atoms with van der Waals surface area (Å²) in [5, 5.41) is 20.5. The fourth-order valence-corrected chi connectivity index (χ4v) is 4.05. The van der Waals surface area contributed by atoms with Crippen molar-refractivity contribution in [2.45, 2.75) is 57.0 Å². The fraction of sp³-hybridized carbons (Fsp3) is 0.400. The Morgan fingerprint density at radius 3 is 2.29 bits per heavy atom. The van der Waals surface area contributed by atoms with Crippen molar-refractivity contribution in [3.8, 4) is 22.8 Å². The third kappa shape index (κ3) is 7.41. The monoisotopic (exact) mass is 578 g/mol. The average Bonchev–Trinajstić information content (AvgIpc) is 2.93. The summed E-state index contributed by atoms with van der Waals surface area (Å²) in [5.74, 6) is -0.317. The number of hydrogen-bond acceptors (Lipinski definition) is 7. The van der Waals surface area contributed by atoms with E-state index in [-0.39, 0.29) is 34.9 Å². The fourth-order valence-electron chi connectivity index (χ4n) is 4.05. The first-order valence-corrected chi connectivity index (χ1v) is 12.9. The zero-order valence-corrected chi connectivity index (χ0v) is 23.3. The van der Waals surface area contributed by atoms with Gasteiger partial charge in [0.05, 0.1) is 30.1 Å². The molecule has 0 aliphatic rings. The number of carbonyl (C=O) groups excluding carboxylic acids is 1. The number of ketones is 1. The van der Waals surface area contributed by atoms with Crippen LogP contribution in [-0.2, 0) is 11.1 Å². The smallest absolute Gasteiger partial charge is 0.422 e. The predicted octanol–water partition coefficient (Wildman–Crippen LogP) is 5.38. The van der Waals surface area contributed by atoms with E-state index in [1.165, 1.54) is 45.2 Å². The Kier molecular flexibility index (Phi) is 9.78. The number of aliphatic hydroxyl groups is 2. The molecule has 0 saturated carbocycles. The molecule has 0 amide bonds. The maximum absolute atomic E-state index is 14.5. The van der Waals surface area contributed by atoms with E-state index in [1.807, 2.05) is 6.92 Å². The molecule has 3 aromatic rings. The zero-order valence-electron chi connectivity index (χ0n) is 23.3. The molecular formula is C30H34F4N2O5. The normalized spacial score (nSPS) is 15.5. The van der Waals surface area contributed by atoms with Crippen LogP contribution in [0.5, 0.6) is 11.5 Å². The highest BCUT2D eigenvalue weighted by Crippen LogP contribution is 2.43. The maximum Gasteiger partial charge on any atom is 0.422 e. The van der Waals surface area contributed by atoms with E-state index in [9.17, 15) is 32.6 Å². The van der Waals surface area contributed by atoms with Crippen molar-refractivity contribution >= 4 is 5.78 Å². The van der Waals surface area contributed by atoms with Crippen molar-refractivity contribution in [1.29, 1.82) is 0 Å². The summed E-state index contributed by atoms with van der Waals surface area (Å²) in [5.41, 5.74) is 1.50. The lowest BCUT2D eigenvalue weighted by atomic mass is 9.86. The van der Waals surface area contributed by atoms with E-state index >= 15 is 0 Å². The molecule has 41 heavy (non-hydrogen) atoms. The number of rotatable bonds is 12. The first-order chi connectivity index (χ1) is 19.1. The van der Waals surface area contributed by atoms with Gasteiger partial charge >= 0.3 is 6.18 Å². The molecule has 0 aliphatic heterocycles. The second kappa shape index (κ2) is 12.5. The number of carbonyl (C=O) groups is 1. The van der Waals surface area contributed by atoms with E-state index in [0.717, 1.165) is 11.6 Å². The van der Waals surface area contributed by atoms with Crippen LogP contribution in [0.2, 0.25) is 0 Å². The number of nitrogens with two attached hydrogens (primary N) is 1. The quantitative estimate of drug-likeness (QED) is 0.195. The van der Waals surface area contributed by atoms with Gasteiger partial charge in [0.25, 0.3) is 0 Å². The van der Waals surface area contributed by atoms with Crippen molar-refractivity contribution in [3.63, 3.8) is 0 Å². The van der Waals surface area contributed by atoms with E-state index in [1.54, 1.807) is 24.3 Å². The second-order valence-electron chi connectivity index (χ2n) is 10.4. The van der Waals surface area contributed by atoms with E-state index in [0.29, 0.717) is 5.56 Å². The molecular weight excluding hydrogens is 544 g/mol. The number of benzene rings is 2. The predicted molar refractivity (Wildman–Crippen MR) is 146 cm³/mol. The highest BCUT2D eigenvalue weighted by atomic mass is 19.4. The Balaban J connectivity index is 2.00. The van der Waals surface area contributed by atoms with E-state index < -0.39 is 54.4 Å². The Labute approximate surface area is 235 Å². The Morgan fingerprint density at radius 2 is 1.73 bits per heavy atom. The lowest BCUT2D eigenvalue weighted by Crippen LogP contribution is -2.44. The van der Waals surface area contributed by atoms with E-state index in [4.69, 9.17) is 15.2 Å². The molecule has 0 radical (unpaired) electrons. The van der Waals surface area contributed by atoms with Crippen LogP contribution in [0.25, 0.3) is 11.3 Å². The summed E-state index contributed by atoms with van der Waals surface area (Å²) in [7, 11) is 1.33. The van der Waals surface area contributed by atoms with Gasteiger partial charge in [0.2, 0.25) is 5.60 Å². The minimum atomic E-state index is -5.24. The molecule has 222 valence electrons. The van der Waals surface area contributed by atoms with Crippen LogP contribution in [-0.4, -0.2) is 53.7 Å². The number of halogens is 4. The van der Waals surface area contributed by atoms with Crippen LogP contribution >= 0.6 is 0 Å².